The van der Waals surface area contributed by atoms with E-state index in [9.17, 15) is 14.9 Å². The fourth-order valence-electron chi connectivity index (χ4n) is 3.13. The molecule has 0 atom stereocenters. The van der Waals surface area contributed by atoms with Crippen LogP contribution in [-0.4, -0.2) is 28.3 Å². The topological polar surface area (TPSA) is 75.5 Å². The molecule has 1 amide bonds. The van der Waals surface area contributed by atoms with Crippen LogP contribution in [0.25, 0.3) is 0 Å². The number of hydrogen-bond acceptors (Lipinski definition) is 4. The van der Waals surface area contributed by atoms with Crippen molar-refractivity contribution in [2.24, 2.45) is 5.92 Å². The highest BCUT2D eigenvalue weighted by Gasteiger charge is 2.37. The van der Waals surface area contributed by atoms with Crippen LogP contribution in [0.5, 0.6) is 0 Å². The number of rotatable bonds is 7. The highest BCUT2D eigenvalue weighted by atomic mass is 16.6. The van der Waals surface area contributed by atoms with Crippen LogP contribution in [0.1, 0.15) is 36.0 Å². The lowest BCUT2D eigenvalue weighted by Crippen LogP contribution is -2.34. The van der Waals surface area contributed by atoms with Gasteiger partial charge in [0.15, 0.2) is 0 Å². The van der Waals surface area contributed by atoms with Crippen LogP contribution in [0.2, 0.25) is 0 Å². The smallest absolute Gasteiger partial charge is 0.293 e. The third kappa shape index (κ3) is 3.69. The minimum atomic E-state index is -0.440. The van der Waals surface area contributed by atoms with Crippen molar-refractivity contribution in [3.8, 4) is 0 Å². The number of carbonyl (C=O) groups excluding carboxylic acids is 1. The Kier molecular flexibility index (Phi) is 4.32. The van der Waals surface area contributed by atoms with Crippen molar-refractivity contribution in [2.75, 3.05) is 11.9 Å². The van der Waals surface area contributed by atoms with Crippen molar-refractivity contribution in [1.29, 1.82) is 0 Å². The standard InChI is InChI=1S/C20H21N3O3/c24-20(22(17-9-10-17)13-14-6-7-14)15-8-11-18(19(12-15)23(25)26)21-16-4-2-1-3-5-16/h1-5,8,11-12,14,17,21H,6-7,9-10,13H2. The molecule has 2 saturated carbocycles. The van der Waals surface area contributed by atoms with E-state index in [2.05, 4.69) is 5.32 Å². The molecule has 0 bridgehead atoms. The molecule has 0 aliphatic heterocycles. The van der Waals surface area contributed by atoms with Crippen LogP contribution in [0.3, 0.4) is 0 Å². The van der Waals surface area contributed by atoms with Gasteiger partial charge in [-0.05, 0) is 55.9 Å². The Labute approximate surface area is 152 Å². The van der Waals surface area contributed by atoms with E-state index in [1.165, 1.54) is 18.9 Å². The third-order valence-electron chi connectivity index (χ3n) is 4.89. The SMILES string of the molecule is O=C(c1ccc(Nc2ccccc2)c([N+](=O)[O-])c1)N(CC1CC1)C1CC1. The van der Waals surface area contributed by atoms with E-state index < -0.39 is 4.92 Å². The maximum atomic E-state index is 12.9. The maximum absolute atomic E-state index is 12.9. The molecule has 2 fully saturated rings. The van der Waals surface area contributed by atoms with Crippen molar-refractivity contribution >= 4 is 23.0 Å². The van der Waals surface area contributed by atoms with Crippen molar-refractivity contribution in [1.82, 2.24) is 4.90 Å². The van der Waals surface area contributed by atoms with Crippen molar-refractivity contribution in [3.63, 3.8) is 0 Å². The summed E-state index contributed by atoms with van der Waals surface area (Å²) in [5, 5.41) is 14.6. The molecule has 2 aliphatic carbocycles. The van der Waals surface area contributed by atoms with Gasteiger partial charge in [-0.2, -0.15) is 0 Å². The summed E-state index contributed by atoms with van der Waals surface area (Å²) in [5.74, 6) is 0.516. The van der Waals surface area contributed by atoms with E-state index in [0.717, 1.165) is 25.1 Å². The molecule has 0 aromatic heterocycles. The number of amides is 1. The number of nitro groups is 1. The van der Waals surface area contributed by atoms with Gasteiger partial charge < -0.3 is 10.2 Å². The van der Waals surface area contributed by atoms with Gasteiger partial charge in [-0.1, -0.05) is 18.2 Å². The Morgan fingerprint density at radius 1 is 1.12 bits per heavy atom. The molecule has 0 heterocycles. The lowest BCUT2D eigenvalue weighted by Gasteiger charge is -2.22. The van der Waals surface area contributed by atoms with E-state index in [4.69, 9.17) is 0 Å². The van der Waals surface area contributed by atoms with Gasteiger partial charge in [-0.15, -0.1) is 0 Å². The summed E-state index contributed by atoms with van der Waals surface area (Å²) < 4.78 is 0. The van der Waals surface area contributed by atoms with E-state index in [1.807, 2.05) is 35.2 Å². The molecule has 1 N–H and O–H groups in total. The normalized spacial score (nSPS) is 16.2. The molecule has 2 aliphatic rings. The molecular formula is C20H21N3O3. The van der Waals surface area contributed by atoms with Gasteiger partial charge in [0.2, 0.25) is 0 Å². The minimum Gasteiger partial charge on any atom is -0.350 e. The minimum absolute atomic E-state index is 0.0816. The lowest BCUT2D eigenvalue weighted by molar-refractivity contribution is -0.383. The summed E-state index contributed by atoms with van der Waals surface area (Å²) in [5.41, 5.74) is 1.46. The highest BCUT2D eigenvalue weighted by molar-refractivity contribution is 5.96. The highest BCUT2D eigenvalue weighted by Crippen LogP contribution is 2.36. The Hall–Kier alpha value is -2.89. The predicted octanol–water partition coefficient (Wildman–Crippen LogP) is 4.35. The number of benzene rings is 2. The Bertz CT molecular complexity index is 829. The summed E-state index contributed by atoms with van der Waals surface area (Å²) in [6.45, 7) is 0.779. The van der Waals surface area contributed by atoms with Crippen LogP contribution in [-0.2, 0) is 0 Å². The van der Waals surface area contributed by atoms with E-state index >= 15 is 0 Å². The van der Waals surface area contributed by atoms with Crippen molar-refractivity contribution in [2.45, 2.75) is 31.7 Å². The molecule has 2 aromatic carbocycles. The van der Waals surface area contributed by atoms with Crippen LogP contribution in [0.4, 0.5) is 17.1 Å². The van der Waals surface area contributed by atoms with Gasteiger partial charge in [0, 0.05) is 29.9 Å². The maximum Gasteiger partial charge on any atom is 0.293 e. The number of carbonyl (C=O) groups is 1. The Balaban J connectivity index is 1.59. The molecule has 4 rings (SSSR count). The zero-order chi connectivity index (χ0) is 18.1. The first-order valence-electron chi connectivity index (χ1n) is 9.03. The van der Waals surface area contributed by atoms with Crippen molar-refractivity contribution < 1.29 is 9.72 Å². The summed E-state index contributed by atoms with van der Waals surface area (Å²) in [7, 11) is 0. The molecule has 0 spiro atoms. The summed E-state index contributed by atoms with van der Waals surface area (Å²) in [6, 6.07) is 14.3. The quantitative estimate of drug-likeness (QED) is 0.594. The number of anilines is 2. The Morgan fingerprint density at radius 2 is 1.85 bits per heavy atom. The van der Waals surface area contributed by atoms with Gasteiger partial charge in [0.05, 0.1) is 4.92 Å². The molecule has 2 aromatic rings. The number of nitro benzene ring substituents is 1. The molecule has 6 heteroatoms. The zero-order valence-electron chi connectivity index (χ0n) is 14.4. The first-order valence-corrected chi connectivity index (χ1v) is 9.03. The Morgan fingerprint density at radius 3 is 2.46 bits per heavy atom. The van der Waals surface area contributed by atoms with Crippen LogP contribution < -0.4 is 5.32 Å². The third-order valence-corrected chi connectivity index (χ3v) is 4.89. The van der Waals surface area contributed by atoms with Crippen LogP contribution in [0.15, 0.2) is 48.5 Å². The van der Waals surface area contributed by atoms with E-state index in [-0.39, 0.29) is 11.6 Å². The second-order valence-corrected chi connectivity index (χ2v) is 7.11. The molecule has 26 heavy (non-hydrogen) atoms. The zero-order valence-corrected chi connectivity index (χ0v) is 14.4. The predicted molar refractivity (Wildman–Crippen MR) is 99.6 cm³/mol. The second kappa shape index (κ2) is 6.78. The van der Waals surface area contributed by atoms with Crippen LogP contribution >= 0.6 is 0 Å². The number of hydrogen-bond donors (Lipinski definition) is 1. The summed E-state index contributed by atoms with van der Waals surface area (Å²) >= 11 is 0. The van der Waals surface area contributed by atoms with E-state index in [1.54, 1.807) is 12.1 Å². The average Bonchev–Trinajstić information content (AvgIpc) is 3.54. The average molecular weight is 351 g/mol. The van der Waals surface area contributed by atoms with Gasteiger partial charge in [-0.25, -0.2) is 0 Å². The fraction of sp³-hybridized carbons (Fsp3) is 0.350. The molecule has 0 radical (unpaired) electrons. The second-order valence-electron chi connectivity index (χ2n) is 7.11. The molecule has 0 saturated heterocycles. The number of nitrogens with one attached hydrogen (secondary N) is 1. The number of para-hydroxylation sites is 1. The lowest BCUT2D eigenvalue weighted by atomic mass is 10.1. The van der Waals surface area contributed by atoms with Gasteiger partial charge in [-0.3, -0.25) is 14.9 Å². The first kappa shape index (κ1) is 16.6. The van der Waals surface area contributed by atoms with Crippen molar-refractivity contribution in [3.05, 3.63) is 64.2 Å². The largest absolute Gasteiger partial charge is 0.350 e. The molecule has 0 unspecified atom stereocenters. The fourth-order valence-corrected chi connectivity index (χ4v) is 3.13. The summed E-state index contributed by atoms with van der Waals surface area (Å²) in [6.07, 6.45) is 4.43. The summed E-state index contributed by atoms with van der Waals surface area (Å²) in [4.78, 5) is 25.9. The number of nitrogens with zero attached hydrogens (tertiary/aromatic N) is 2. The molecule has 134 valence electrons. The monoisotopic (exact) mass is 351 g/mol. The molecular weight excluding hydrogens is 330 g/mol. The van der Waals surface area contributed by atoms with Gasteiger partial charge in [0.1, 0.15) is 5.69 Å². The first-order chi connectivity index (χ1) is 12.6. The van der Waals surface area contributed by atoms with Gasteiger partial charge >= 0.3 is 0 Å². The van der Waals surface area contributed by atoms with E-state index in [0.29, 0.717) is 23.2 Å². The van der Waals surface area contributed by atoms with Crippen LogP contribution in [0, 0.1) is 16.0 Å². The van der Waals surface area contributed by atoms with Gasteiger partial charge in [0.25, 0.3) is 11.6 Å². The molecule has 6 nitrogen and oxygen atoms in total.